The van der Waals surface area contributed by atoms with Gasteiger partial charge >= 0.3 is 0 Å². The maximum absolute atomic E-state index is 5.62. The van der Waals surface area contributed by atoms with E-state index in [-0.39, 0.29) is 0 Å². The first-order valence-corrected chi connectivity index (χ1v) is 5.96. The summed E-state index contributed by atoms with van der Waals surface area (Å²) in [5, 5.41) is 0. The molecule has 2 N–H and O–H groups in total. The van der Waals surface area contributed by atoms with Crippen molar-refractivity contribution < 1.29 is 4.74 Å². The zero-order valence-corrected chi connectivity index (χ0v) is 8.95. The third-order valence-electron chi connectivity index (χ3n) is 3.24. The molecule has 82 valence electrons. The van der Waals surface area contributed by atoms with E-state index in [2.05, 4.69) is 4.90 Å². The molecule has 1 aliphatic carbocycles. The Hall–Kier alpha value is -0.120. The molecule has 3 heteroatoms. The van der Waals surface area contributed by atoms with E-state index < -0.39 is 0 Å². The van der Waals surface area contributed by atoms with Crippen LogP contribution >= 0.6 is 0 Å². The van der Waals surface area contributed by atoms with E-state index in [4.69, 9.17) is 10.5 Å². The van der Waals surface area contributed by atoms with Gasteiger partial charge in [-0.3, -0.25) is 4.90 Å². The molecule has 1 atom stereocenters. The van der Waals surface area contributed by atoms with E-state index in [1.807, 2.05) is 0 Å². The number of nitrogens with two attached hydrogens (primary N) is 1. The maximum Gasteiger partial charge on any atom is 0.0588 e. The van der Waals surface area contributed by atoms with Crippen LogP contribution < -0.4 is 5.73 Å². The molecule has 0 aromatic rings. The summed E-state index contributed by atoms with van der Waals surface area (Å²) in [6, 6.07) is 0.847. The fraction of sp³-hybridized carbons (Fsp3) is 1.00. The molecule has 1 heterocycles. The first-order chi connectivity index (χ1) is 6.90. The predicted molar refractivity (Wildman–Crippen MR) is 57.2 cm³/mol. The van der Waals surface area contributed by atoms with Gasteiger partial charge in [-0.25, -0.2) is 0 Å². The van der Waals surface area contributed by atoms with Crippen molar-refractivity contribution in [2.45, 2.75) is 44.2 Å². The monoisotopic (exact) mass is 198 g/mol. The lowest BCUT2D eigenvalue weighted by Crippen LogP contribution is -2.33. The Bertz CT molecular complexity index is 165. The largest absolute Gasteiger partial charge is 0.378 e. The number of hydrogen-bond donors (Lipinski definition) is 1. The molecular weight excluding hydrogens is 176 g/mol. The van der Waals surface area contributed by atoms with Crippen LogP contribution in [0, 0.1) is 0 Å². The molecule has 0 spiro atoms. The van der Waals surface area contributed by atoms with E-state index in [0.29, 0.717) is 6.10 Å². The van der Waals surface area contributed by atoms with Crippen LogP contribution in [0.25, 0.3) is 0 Å². The van der Waals surface area contributed by atoms with Crippen LogP contribution in [-0.4, -0.2) is 43.3 Å². The minimum Gasteiger partial charge on any atom is -0.378 e. The van der Waals surface area contributed by atoms with Crippen LogP contribution in [0.15, 0.2) is 0 Å². The van der Waals surface area contributed by atoms with Crippen LogP contribution in [0.3, 0.4) is 0 Å². The molecule has 0 bridgehead atoms. The Morgan fingerprint density at radius 3 is 2.64 bits per heavy atom. The average molecular weight is 198 g/mol. The molecule has 3 nitrogen and oxygen atoms in total. The third-order valence-corrected chi connectivity index (χ3v) is 3.24. The van der Waals surface area contributed by atoms with Gasteiger partial charge in [0, 0.05) is 32.3 Å². The summed E-state index contributed by atoms with van der Waals surface area (Å²) in [7, 11) is 0. The van der Waals surface area contributed by atoms with Gasteiger partial charge in [-0.05, 0) is 32.1 Å². The summed E-state index contributed by atoms with van der Waals surface area (Å²) in [5.41, 5.74) is 5.61. The molecule has 2 rings (SSSR count). The van der Waals surface area contributed by atoms with Gasteiger partial charge in [-0.2, -0.15) is 0 Å². The molecule has 0 aromatic carbocycles. The second-order valence-electron chi connectivity index (χ2n) is 4.48. The summed E-state index contributed by atoms with van der Waals surface area (Å²) in [6.07, 6.45) is 7.02. The normalized spacial score (nSPS) is 27.4. The first-order valence-electron chi connectivity index (χ1n) is 5.96. The van der Waals surface area contributed by atoms with Crippen LogP contribution in [0.4, 0.5) is 0 Å². The van der Waals surface area contributed by atoms with Crippen LogP contribution in [0.2, 0.25) is 0 Å². The molecule has 2 fully saturated rings. The fourth-order valence-electron chi connectivity index (χ4n) is 2.26. The predicted octanol–water partition coefficient (Wildman–Crippen LogP) is 0.979. The molecule has 1 saturated heterocycles. The van der Waals surface area contributed by atoms with Crippen molar-refractivity contribution in [2.75, 3.05) is 26.2 Å². The molecule has 14 heavy (non-hydrogen) atoms. The summed E-state index contributed by atoms with van der Waals surface area (Å²) < 4.78 is 5.62. The Labute approximate surface area is 86.6 Å². The van der Waals surface area contributed by atoms with Crippen molar-refractivity contribution in [3.05, 3.63) is 0 Å². The standard InChI is InChI=1S/C11H22N2O/c12-6-8-13(10-3-4-10)7-5-11-2-1-9-14-11/h10-11H,1-9,12H2. The molecule has 1 saturated carbocycles. The summed E-state index contributed by atoms with van der Waals surface area (Å²) in [4.78, 5) is 2.54. The smallest absolute Gasteiger partial charge is 0.0588 e. The lowest BCUT2D eigenvalue weighted by Gasteiger charge is -2.22. The van der Waals surface area contributed by atoms with Crippen molar-refractivity contribution in [1.82, 2.24) is 4.90 Å². The van der Waals surface area contributed by atoms with Gasteiger partial charge in [-0.1, -0.05) is 0 Å². The van der Waals surface area contributed by atoms with E-state index in [1.54, 1.807) is 0 Å². The molecule has 1 aliphatic heterocycles. The van der Waals surface area contributed by atoms with Gasteiger partial charge < -0.3 is 10.5 Å². The zero-order chi connectivity index (χ0) is 9.80. The van der Waals surface area contributed by atoms with E-state index in [1.165, 1.54) is 38.6 Å². The van der Waals surface area contributed by atoms with Crippen molar-refractivity contribution in [3.8, 4) is 0 Å². The van der Waals surface area contributed by atoms with Gasteiger partial charge in [0.25, 0.3) is 0 Å². The molecule has 0 aromatic heterocycles. The second kappa shape index (κ2) is 5.10. The fourth-order valence-corrected chi connectivity index (χ4v) is 2.26. The molecular formula is C11H22N2O. The second-order valence-corrected chi connectivity index (χ2v) is 4.48. The molecule has 0 radical (unpaired) electrons. The SMILES string of the molecule is NCCN(CCC1CCCO1)C1CC1. The van der Waals surface area contributed by atoms with Crippen molar-refractivity contribution in [2.24, 2.45) is 5.73 Å². The molecule has 2 aliphatic rings. The van der Waals surface area contributed by atoms with Gasteiger partial charge in [0.15, 0.2) is 0 Å². The molecule has 1 unspecified atom stereocenters. The maximum atomic E-state index is 5.62. The summed E-state index contributed by atoms with van der Waals surface area (Å²) >= 11 is 0. The highest BCUT2D eigenvalue weighted by molar-refractivity contribution is 4.85. The van der Waals surface area contributed by atoms with Crippen LogP contribution in [0.1, 0.15) is 32.1 Å². The lowest BCUT2D eigenvalue weighted by atomic mass is 10.2. The van der Waals surface area contributed by atoms with Crippen LogP contribution in [-0.2, 0) is 4.74 Å². The number of ether oxygens (including phenoxy) is 1. The first kappa shape index (κ1) is 10.4. The molecule has 0 amide bonds. The Morgan fingerprint density at radius 1 is 1.21 bits per heavy atom. The van der Waals surface area contributed by atoms with Gasteiger partial charge in [0.05, 0.1) is 6.10 Å². The van der Waals surface area contributed by atoms with E-state index in [0.717, 1.165) is 25.7 Å². The minimum atomic E-state index is 0.536. The minimum absolute atomic E-state index is 0.536. The van der Waals surface area contributed by atoms with E-state index >= 15 is 0 Å². The topological polar surface area (TPSA) is 38.5 Å². The highest BCUT2D eigenvalue weighted by Crippen LogP contribution is 2.27. The Morgan fingerprint density at radius 2 is 2.07 bits per heavy atom. The lowest BCUT2D eigenvalue weighted by molar-refractivity contribution is 0.0912. The third kappa shape index (κ3) is 2.94. The van der Waals surface area contributed by atoms with Crippen LogP contribution in [0.5, 0.6) is 0 Å². The number of rotatable bonds is 6. The van der Waals surface area contributed by atoms with Gasteiger partial charge in [-0.15, -0.1) is 0 Å². The zero-order valence-electron chi connectivity index (χ0n) is 8.95. The van der Waals surface area contributed by atoms with Gasteiger partial charge in [0.2, 0.25) is 0 Å². The van der Waals surface area contributed by atoms with Crippen molar-refractivity contribution in [3.63, 3.8) is 0 Å². The number of hydrogen-bond acceptors (Lipinski definition) is 3. The quantitative estimate of drug-likeness (QED) is 0.691. The Kier molecular flexibility index (Phi) is 3.79. The summed E-state index contributed by atoms with van der Waals surface area (Å²) in [6.45, 7) is 4.02. The Balaban J connectivity index is 1.65. The van der Waals surface area contributed by atoms with Crippen molar-refractivity contribution in [1.29, 1.82) is 0 Å². The highest BCUT2D eigenvalue weighted by atomic mass is 16.5. The highest BCUT2D eigenvalue weighted by Gasteiger charge is 2.28. The van der Waals surface area contributed by atoms with E-state index in [9.17, 15) is 0 Å². The average Bonchev–Trinajstić information content (AvgIpc) is 2.90. The van der Waals surface area contributed by atoms with Crippen molar-refractivity contribution >= 4 is 0 Å². The summed E-state index contributed by atoms with van der Waals surface area (Å²) in [5.74, 6) is 0. The van der Waals surface area contributed by atoms with Gasteiger partial charge in [0.1, 0.15) is 0 Å². The number of nitrogens with zero attached hydrogens (tertiary/aromatic N) is 1.